The van der Waals surface area contributed by atoms with Crippen molar-refractivity contribution in [3.8, 4) is 23.7 Å². The van der Waals surface area contributed by atoms with Crippen LogP contribution in [0.25, 0.3) is 0 Å². The predicted molar refractivity (Wildman–Crippen MR) is 125 cm³/mol. The van der Waals surface area contributed by atoms with Crippen molar-refractivity contribution >= 4 is 0 Å². The second kappa shape index (κ2) is 11.5. The minimum atomic E-state index is 0.746. The summed E-state index contributed by atoms with van der Waals surface area (Å²) in [6.45, 7) is 4.15. The Balaban J connectivity index is 1.50. The van der Waals surface area contributed by atoms with Crippen molar-refractivity contribution in [3.63, 3.8) is 0 Å². The molecule has 1 saturated carbocycles. The molecule has 0 N–H and O–H groups in total. The van der Waals surface area contributed by atoms with Crippen LogP contribution in [0.4, 0.5) is 0 Å². The van der Waals surface area contributed by atoms with Crippen molar-refractivity contribution in [3.05, 3.63) is 70.8 Å². The van der Waals surface area contributed by atoms with E-state index in [1.807, 2.05) is 31.2 Å². The molecular formula is C29H34. The second-order valence-corrected chi connectivity index (χ2v) is 8.39. The van der Waals surface area contributed by atoms with Gasteiger partial charge in [-0.3, -0.25) is 0 Å². The smallest absolute Gasteiger partial charge is 0.0249 e. The minimum Gasteiger partial charge on any atom is -0.101 e. The Bertz CT molecular complexity index is 854. The number of hydrogen-bond donors (Lipinski definition) is 0. The summed E-state index contributed by atoms with van der Waals surface area (Å²) >= 11 is 0. The van der Waals surface area contributed by atoms with E-state index in [1.54, 1.807) is 0 Å². The molecule has 0 atom stereocenters. The van der Waals surface area contributed by atoms with Crippen molar-refractivity contribution in [1.82, 2.24) is 0 Å². The topological polar surface area (TPSA) is 0 Å². The van der Waals surface area contributed by atoms with Crippen LogP contribution in [-0.4, -0.2) is 0 Å². The van der Waals surface area contributed by atoms with Gasteiger partial charge in [0.15, 0.2) is 0 Å². The molecule has 0 nitrogen and oxygen atoms in total. The summed E-state index contributed by atoms with van der Waals surface area (Å²) < 4.78 is 0. The second-order valence-electron chi connectivity index (χ2n) is 8.39. The first-order valence-corrected chi connectivity index (χ1v) is 11.4. The summed E-state index contributed by atoms with van der Waals surface area (Å²) in [5.74, 6) is 14.3. The van der Waals surface area contributed by atoms with Crippen molar-refractivity contribution in [2.75, 3.05) is 0 Å². The molecule has 0 heteroatoms. The Labute approximate surface area is 178 Å². The first-order chi connectivity index (χ1) is 14.3. The highest BCUT2D eigenvalue weighted by Gasteiger charge is 2.21. The van der Waals surface area contributed by atoms with Crippen LogP contribution in [0.15, 0.2) is 48.5 Å². The van der Waals surface area contributed by atoms with E-state index < -0.39 is 0 Å². The highest BCUT2D eigenvalue weighted by molar-refractivity contribution is 5.46. The highest BCUT2D eigenvalue weighted by atomic mass is 14.3. The SMILES string of the molecule is CC#Cc1ccc(C#Cc2ccc([C@H]3CC[C@H](CCCCCC)CC3)cc2)cc1. The van der Waals surface area contributed by atoms with E-state index in [2.05, 4.69) is 54.9 Å². The van der Waals surface area contributed by atoms with E-state index in [-0.39, 0.29) is 0 Å². The Hall–Kier alpha value is -2.44. The molecule has 29 heavy (non-hydrogen) atoms. The summed E-state index contributed by atoms with van der Waals surface area (Å²) in [4.78, 5) is 0. The zero-order valence-corrected chi connectivity index (χ0v) is 18.1. The zero-order chi connectivity index (χ0) is 20.3. The molecule has 0 radical (unpaired) electrons. The van der Waals surface area contributed by atoms with Gasteiger partial charge in [0.05, 0.1) is 0 Å². The van der Waals surface area contributed by atoms with Gasteiger partial charge >= 0.3 is 0 Å². The van der Waals surface area contributed by atoms with Gasteiger partial charge in [-0.05, 0) is 86.4 Å². The van der Waals surface area contributed by atoms with E-state index in [9.17, 15) is 0 Å². The third kappa shape index (κ3) is 6.84. The average Bonchev–Trinajstić information content (AvgIpc) is 2.77. The molecule has 1 aliphatic carbocycles. The lowest BCUT2D eigenvalue weighted by Gasteiger charge is -2.29. The van der Waals surface area contributed by atoms with E-state index in [4.69, 9.17) is 0 Å². The van der Waals surface area contributed by atoms with Crippen LogP contribution in [0.1, 0.15) is 99.8 Å². The Morgan fingerprint density at radius 3 is 1.79 bits per heavy atom. The van der Waals surface area contributed by atoms with E-state index >= 15 is 0 Å². The fourth-order valence-corrected chi connectivity index (χ4v) is 4.41. The number of rotatable bonds is 6. The molecule has 2 aromatic rings. The van der Waals surface area contributed by atoms with Gasteiger partial charge in [-0.1, -0.05) is 68.9 Å². The maximum atomic E-state index is 3.30. The molecule has 1 aliphatic rings. The van der Waals surface area contributed by atoms with Crippen LogP contribution in [-0.2, 0) is 0 Å². The molecule has 0 amide bonds. The highest BCUT2D eigenvalue weighted by Crippen LogP contribution is 2.37. The van der Waals surface area contributed by atoms with Crippen molar-refractivity contribution in [2.24, 2.45) is 5.92 Å². The summed E-state index contributed by atoms with van der Waals surface area (Å²) in [6.07, 6.45) is 12.6. The molecule has 1 fully saturated rings. The van der Waals surface area contributed by atoms with Crippen molar-refractivity contribution in [1.29, 1.82) is 0 Å². The van der Waals surface area contributed by atoms with Crippen LogP contribution in [0.5, 0.6) is 0 Å². The van der Waals surface area contributed by atoms with E-state index in [0.717, 1.165) is 28.5 Å². The van der Waals surface area contributed by atoms with Gasteiger partial charge in [0, 0.05) is 16.7 Å². The molecule has 0 heterocycles. The lowest BCUT2D eigenvalue weighted by atomic mass is 9.77. The fraction of sp³-hybridized carbons (Fsp3) is 0.448. The third-order valence-corrected chi connectivity index (χ3v) is 6.20. The van der Waals surface area contributed by atoms with Crippen LogP contribution in [0.2, 0.25) is 0 Å². The van der Waals surface area contributed by atoms with Gasteiger partial charge in [0.1, 0.15) is 0 Å². The maximum Gasteiger partial charge on any atom is 0.0249 e. The molecule has 150 valence electrons. The normalized spacial score (nSPS) is 18.3. The number of benzene rings is 2. The molecule has 3 rings (SSSR count). The molecule has 0 aromatic heterocycles. The third-order valence-electron chi connectivity index (χ3n) is 6.20. The number of unbranched alkanes of at least 4 members (excludes halogenated alkanes) is 3. The maximum absolute atomic E-state index is 3.30. The number of hydrogen-bond acceptors (Lipinski definition) is 0. The van der Waals surface area contributed by atoms with Gasteiger partial charge in [-0.15, -0.1) is 5.92 Å². The molecule has 0 unspecified atom stereocenters. The molecule has 2 aromatic carbocycles. The Morgan fingerprint density at radius 2 is 1.24 bits per heavy atom. The summed E-state index contributed by atoms with van der Waals surface area (Å²) in [5.41, 5.74) is 4.67. The molecule has 0 saturated heterocycles. The largest absolute Gasteiger partial charge is 0.101 e. The van der Waals surface area contributed by atoms with Gasteiger partial charge in [0.25, 0.3) is 0 Å². The van der Waals surface area contributed by atoms with E-state index in [0.29, 0.717) is 0 Å². The lowest BCUT2D eigenvalue weighted by molar-refractivity contribution is 0.302. The van der Waals surface area contributed by atoms with Gasteiger partial charge < -0.3 is 0 Å². The van der Waals surface area contributed by atoms with Gasteiger partial charge in [-0.2, -0.15) is 0 Å². The standard InChI is InChI=1S/C29H34/c1-3-5-6-7-9-25-16-20-28(21-17-25)29-22-18-27(19-23-29)15-14-26-12-10-24(8-4-2)11-13-26/h10-13,18-19,22-23,25,28H,3,5-7,9,16-17,20-21H2,1-2H3/t25-,28-. The quantitative estimate of drug-likeness (QED) is 0.354. The van der Waals surface area contributed by atoms with Crippen LogP contribution in [0, 0.1) is 29.6 Å². The Kier molecular flexibility index (Phi) is 8.46. The molecule has 0 aliphatic heterocycles. The first-order valence-electron chi connectivity index (χ1n) is 11.4. The Morgan fingerprint density at radius 1 is 0.690 bits per heavy atom. The van der Waals surface area contributed by atoms with Gasteiger partial charge in [0.2, 0.25) is 0 Å². The van der Waals surface area contributed by atoms with Crippen LogP contribution >= 0.6 is 0 Å². The van der Waals surface area contributed by atoms with Crippen LogP contribution in [0.3, 0.4) is 0 Å². The lowest BCUT2D eigenvalue weighted by Crippen LogP contribution is -2.13. The average molecular weight is 383 g/mol. The monoisotopic (exact) mass is 382 g/mol. The summed E-state index contributed by atoms with van der Waals surface area (Å²) in [5, 5.41) is 0. The van der Waals surface area contributed by atoms with E-state index in [1.165, 1.54) is 63.4 Å². The minimum absolute atomic E-state index is 0.746. The fourth-order valence-electron chi connectivity index (χ4n) is 4.41. The van der Waals surface area contributed by atoms with Crippen LogP contribution < -0.4 is 0 Å². The van der Waals surface area contributed by atoms with Crippen molar-refractivity contribution in [2.45, 2.75) is 77.6 Å². The summed E-state index contributed by atoms with van der Waals surface area (Å²) in [7, 11) is 0. The predicted octanol–water partition coefficient (Wildman–Crippen LogP) is 7.70. The molecule has 0 bridgehead atoms. The zero-order valence-electron chi connectivity index (χ0n) is 18.1. The van der Waals surface area contributed by atoms with Crippen molar-refractivity contribution < 1.29 is 0 Å². The van der Waals surface area contributed by atoms with Gasteiger partial charge in [-0.25, -0.2) is 0 Å². The first kappa shape index (κ1) is 21.3. The summed E-state index contributed by atoms with van der Waals surface area (Å²) in [6, 6.07) is 17.1. The molecule has 0 spiro atoms. The molecular weight excluding hydrogens is 348 g/mol.